The van der Waals surface area contributed by atoms with Crippen LogP contribution < -0.4 is 5.73 Å². The lowest BCUT2D eigenvalue weighted by Crippen LogP contribution is -1.95. The SMILES string of the molecule is NCc1nc(C=CF)co1. The van der Waals surface area contributed by atoms with Crippen LogP contribution in [0.1, 0.15) is 11.6 Å². The highest BCUT2D eigenvalue weighted by Crippen LogP contribution is 2.02. The van der Waals surface area contributed by atoms with Gasteiger partial charge in [0.1, 0.15) is 12.0 Å². The van der Waals surface area contributed by atoms with Crippen molar-refractivity contribution < 1.29 is 8.81 Å². The number of halogens is 1. The van der Waals surface area contributed by atoms with Crippen molar-refractivity contribution in [3.05, 3.63) is 24.2 Å². The Hall–Kier alpha value is -1.16. The molecule has 0 spiro atoms. The number of aromatic nitrogens is 1. The number of hydrogen-bond donors (Lipinski definition) is 1. The van der Waals surface area contributed by atoms with E-state index in [4.69, 9.17) is 10.2 Å². The van der Waals surface area contributed by atoms with E-state index in [1.54, 1.807) is 0 Å². The fourth-order valence-electron chi connectivity index (χ4n) is 0.560. The summed E-state index contributed by atoms with van der Waals surface area (Å²) in [5.74, 6) is 0.410. The van der Waals surface area contributed by atoms with Gasteiger partial charge in [-0.15, -0.1) is 0 Å². The van der Waals surface area contributed by atoms with Crippen LogP contribution in [0.15, 0.2) is 17.0 Å². The monoisotopic (exact) mass is 142 g/mol. The van der Waals surface area contributed by atoms with E-state index < -0.39 is 0 Å². The number of nitrogens with zero attached hydrogens (tertiary/aromatic N) is 1. The third-order valence-corrected chi connectivity index (χ3v) is 0.978. The van der Waals surface area contributed by atoms with Crippen molar-refractivity contribution >= 4 is 6.08 Å². The fraction of sp³-hybridized carbons (Fsp3) is 0.167. The van der Waals surface area contributed by atoms with Crippen LogP contribution in [0.3, 0.4) is 0 Å². The van der Waals surface area contributed by atoms with Crippen molar-refractivity contribution in [1.82, 2.24) is 4.98 Å². The molecular formula is C6H7FN2O. The van der Waals surface area contributed by atoms with Crippen LogP contribution in [0.25, 0.3) is 6.08 Å². The molecule has 0 atom stereocenters. The van der Waals surface area contributed by atoms with E-state index in [0.29, 0.717) is 17.9 Å². The standard InChI is InChI=1S/C6H7FN2O/c7-2-1-5-4-10-6(3-8)9-5/h1-2,4H,3,8H2. The average Bonchev–Trinajstić information content (AvgIpc) is 2.37. The predicted molar refractivity (Wildman–Crippen MR) is 34.5 cm³/mol. The zero-order valence-corrected chi connectivity index (χ0v) is 5.25. The lowest BCUT2D eigenvalue weighted by Gasteiger charge is -1.79. The number of oxazole rings is 1. The van der Waals surface area contributed by atoms with E-state index in [0.717, 1.165) is 0 Å². The summed E-state index contributed by atoms with van der Waals surface area (Å²) in [4.78, 5) is 3.80. The molecule has 0 bridgehead atoms. The zero-order valence-electron chi connectivity index (χ0n) is 5.25. The van der Waals surface area contributed by atoms with Crippen LogP contribution in [0.2, 0.25) is 0 Å². The fourth-order valence-corrected chi connectivity index (χ4v) is 0.560. The predicted octanol–water partition coefficient (Wildman–Crippen LogP) is 1.07. The maximum Gasteiger partial charge on any atom is 0.208 e. The summed E-state index contributed by atoms with van der Waals surface area (Å²) >= 11 is 0. The molecule has 2 N–H and O–H groups in total. The van der Waals surface area contributed by atoms with Gasteiger partial charge in [-0.05, 0) is 6.08 Å². The molecule has 0 unspecified atom stereocenters. The van der Waals surface area contributed by atoms with Crippen molar-refractivity contribution in [2.45, 2.75) is 6.54 Å². The van der Waals surface area contributed by atoms with E-state index >= 15 is 0 Å². The van der Waals surface area contributed by atoms with E-state index in [2.05, 4.69) is 4.98 Å². The molecule has 0 saturated heterocycles. The first-order valence-electron chi connectivity index (χ1n) is 2.78. The maximum atomic E-state index is 11.5. The Morgan fingerprint density at radius 3 is 3.10 bits per heavy atom. The van der Waals surface area contributed by atoms with E-state index in [-0.39, 0.29) is 6.54 Å². The second kappa shape index (κ2) is 3.12. The summed E-state index contributed by atoms with van der Waals surface area (Å²) < 4.78 is 16.3. The molecule has 1 aromatic rings. The van der Waals surface area contributed by atoms with Gasteiger partial charge in [-0.2, -0.15) is 0 Å². The zero-order chi connectivity index (χ0) is 7.40. The molecule has 1 rings (SSSR count). The normalized spacial score (nSPS) is 11.0. The second-order valence-electron chi connectivity index (χ2n) is 1.66. The first kappa shape index (κ1) is 6.95. The Balaban J connectivity index is 2.78. The van der Waals surface area contributed by atoms with Gasteiger partial charge in [0.25, 0.3) is 0 Å². The summed E-state index contributed by atoms with van der Waals surface area (Å²) in [6, 6.07) is 0. The molecule has 4 heteroatoms. The summed E-state index contributed by atoms with van der Waals surface area (Å²) in [5.41, 5.74) is 5.63. The molecule has 0 aromatic carbocycles. The van der Waals surface area contributed by atoms with Crippen molar-refractivity contribution in [3.8, 4) is 0 Å². The maximum absolute atomic E-state index is 11.5. The molecule has 0 amide bonds. The molecule has 54 valence electrons. The van der Waals surface area contributed by atoms with Gasteiger partial charge < -0.3 is 10.2 Å². The van der Waals surface area contributed by atoms with Crippen molar-refractivity contribution in [2.75, 3.05) is 0 Å². The van der Waals surface area contributed by atoms with Gasteiger partial charge in [-0.3, -0.25) is 0 Å². The lowest BCUT2D eigenvalue weighted by atomic mass is 10.5. The number of hydrogen-bond acceptors (Lipinski definition) is 3. The van der Waals surface area contributed by atoms with Gasteiger partial charge in [-0.1, -0.05) is 0 Å². The Kier molecular flexibility index (Phi) is 2.17. The summed E-state index contributed by atoms with van der Waals surface area (Å²) in [5, 5.41) is 0. The average molecular weight is 142 g/mol. The van der Waals surface area contributed by atoms with Crippen LogP contribution in [0, 0.1) is 0 Å². The van der Waals surface area contributed by atoms with Crippen LogP contribution in [-0.2, 0) is 6.54 Å². The van der Waals surface area contributed by atoms with Gasteiger partial charge in [0.05, 0.1) is 12.9 Å². The summed E-state index contributed by atoms with van der Waals surface area (Å²) in [6.07, 6.45) is 2.94. The van der Waals surface area contributed by atoms with Crippen molar-refractivity contribution in [3.63, 3.8) is 0 Å². The minimum atomic E-state index is 0.236. The minimum absolute atomic E-state index is 0.236. The Bertz CT molecular complexity index is 231. The summed E-state index contributed by atoms with van der Waals surface area (Å²) in [6.45, 7) is 0.236. The molecule has 10 heavy (non-hydrogen) atoms. The molecule has 0 fully saturated rings. The molecule has 0 aliphatic heterocycles. The Morgan fingerprint density at radius 2 is 2.60 bits per heavy atom. The molecular weight excluding hydrogens is 135 g/mol. The third-order valence-electron chi connectivity index (χ3n) is 0.978. The molecule has 1 aromatic heterocycles. The quantitative estimate of drug-likeness (QED) is 0.672. The Morgan fingerprint density at radius 1 is 1.80 bits per heavy atom. The van der Waals surface area contributed by atoms with Gasteiger partial charge in [0.2, 0.25) is 5.89 Å². The lowest BCUT2D eigenvalue weighted by molar-refractivity contribution is 0.497. The minimum Gasteiger partial charge on any atom is -0.447 e. The van der Waals surface area contributed by atoms with Crippen molar-refractivity contribution in [2.24, 2.45) is 5.73 Å². The first-order chi connectivity index (χ1) is 4.86. The van der Waals surface area contributed by atoms with E-state index in [1.165, 1.54) is 12.3 Å². The van der Waals surface area contributed by atoms with Gasteiger partial charge in [-0.25, -0.2) is 9.37 Å². The molecule has 1 heterocycles. The van der Waals surface area contributed by atoms with Gasteiger partial charge in [0.15, 0.2) is 0 Å². The van der Waals surface area contributed by atoms with Crippen LogP contribution in [0.5, 0.6) is 0 Å². The topological polar surface area (TPSA) is 52.0 Å². The largest absolute Gasteiger partial charge is 0.447 e. The van der Waals surface area contributed by atoms with Crippen LogP contribution in [-0.4, -0.2) is 4.98 Å². The Labute approximate surface area is 57.4 Å². The van der Waals surface area contributed by atoms with Crippen LogP contribution in [0.4, 0.5) is 4.39 Å². The van der Waals surface area contributed by atoms with Gasteiger partial charge >= 0.3 is 0 Å². The highest BCUT2D eigenvalue weighted by atomic mass is 19.1. The summed E-state index contributed by atoms with van der Waals surface area (Å²) in [7, 11) is 0. The van der Waals surface area contributed by atoms with Gasteiger partial charge in [0, 0.05) is 0 Å². The van der Waals surface area contributed by atoms with E-state index in [9.17, 15) is 4.39 Å². The molecule has 0 radical (unpaired) electrons. The smallest absolute Gasteiger partial charge is 0.208 e. The molecule has 0 saturated carbocycles. The molecule has 0 aliphatic carbocycles. The third kappa shape index (κ3) is 1.41. The number of nitrogens with two attached hydrogens (primary N) is 1. The second-order valence-corrected chi connectivity index (χ2v) is 1.66. The highest BCUT2D eigenvalue weighted by molar-refractivity contribution is 5.40. The molecule has 0 aliphatic rings. The number of rotatable bonds is 2. The van der Waals surface area contributed by atoms with Crippen molar-refractivity contribution in [1.29, 1.82) is 0 Å². The first-order valence-corrected chi connectivity index (χ1v) is 2.78. The molecule has 3 nitrogen and oxygen atoms in total. The van der Waals surface area contributed by atoms with E-state index in [1.807, 2.05) is 0 Å². The van der Waals surface area contributed by atoms with Crippen LogP contribution >= 0.6 is 0 Å². The highest BCUT2D eigenvalue weighted by Gasteiger charge is 1.96.